The number of hydrogen-bond acceptors (Lipinski definition) is 23. The minimum atomic E-state index is -5.44. The van der Waals surface area contributed by atoms with Crippen molar-refractivity contribution in [2.24, 2.45) is 0 Å². The molecule has 0 saturated carbocycles. The average molecular weight is 1170 g/mol. The van der Waals surface area contributed by atoms with Crippen LogP contribution in [-0.4, -0.2) is 157 Å². The van der Waals surface area contributed by atoms with Gasteiger partial charge in [0.2, 0.25) is 5.69 Å². The van der Waals surface area contributed by atoms with Crippen LogP contribution in [0.4, 0.5) is 11.4 Å². The third-order valence-electron chi connectivity index (χ3n) is 13.3. The first kappa shape index (κ1) is 59.1. The molecule has 0 bridgehead atoms. The number of anilines is 1. The number of carbonyl (C=O) groups is 3. The number of rotatable bonds is 23. The SMILES string of the molecule is COCCN1/C(=C/C=C/C2=[N+](CCOCCOCCC(=O)ON3C(=O)CCC3=O)c3ccc4c(S(=O)(=O)[O-])cc(S(=O)(=O)[O-])cc4c3C2(C)C)C(C)(CCCS(=O)(=O)[O-])c2c1ccc1c(S(=O)(=O)[O-])cc(S(=O)(=O)[O-])cc21. The van der Waals surface area contributed by atoms with Gasteiger partial charge in [-0.1, -0.05) is 12.1 Å². The number of ether oxygens (including phenoxy) is 3. The summed E-state index contributed by atoms with van der Waals surface area (Å²) < 4.78 is 205. The molecule has 418 valence electrons. The van der Waals surface area contributed by atoms with Crippen LogP contribution in [-0.2, 0) is 94.9 Å². The quantitative estimate of drug-likeness (QED) is 0.0444. The van der Waals surface area contributed by atoms with E-state index in [0.29, 0.717) is 40.0 Å². The molecule has 3 aliphatic heterocycles. The van der Waals surface area contributed by atoms with Gasteiger partial charge in [-0.25, -0.2) is 46.9 Å². The van der Waals surface area contributed by atoms with Crippen molar-refractivity contribution in [2.75, 3.05) is 63.9 Å². The Kier molecular flexibility index (Phi) is 16.8. The van der Waals surface area contributed by atoms with Crippen LogP contribution in [0, 0.1) is 0 Å². The Morgan fingerprint density at radius 1 is 0.688 bits per heavy atom. The van der Waals surface area contributed by atoms with E-state index in [-0.39, 0.29) is 111 Å². The monoisotopic (exact) mass is 1170 g/mol. The first-order valence-corrected chi connectivity index (χ1v) is 30.4. The molecule has 1 saturated heterocycles. The standard InChI is InChI=1S/C47H53N3O22S5/c1-46(2)39(7-5-8-40-47(3,16-6-24-73(54,55)56)45-34-26-30(75(60,61)62)28-38(77(66,67)68)32(34)10-12-36(45)49(40)17-20-69-4)48(18-21-71-23-22-70-19-15-43(53)72-50-41(51)13-14-42(50)52)35-11-9-31-33(44(35)46)25-29(74(57,58)59)27-37(31)76(63,64)65/h5,7-12,25-28H,6,13-24H2,1-4H3,(H4-,54,55,56,57,58,59,60,61,62,63,64,65,66,67,68)/p-4. The Labute approximate surface area is 443 Å². The van der Waals surface area contributed by atoms with Gasteiger partial charge in [0, 0.05) is 72.1 Å². The maximum atomic E-state index is 12.6. The summed E-state index contributed by atoms with van der Waals surface area (Å²) >= 11 is 0. The van der Waals surface area contributed by atoms with Gasteiger partial charge in [0.15, 0.2) is 12.3 Å². The van der Waals surface area contributed by atoms with E-state index < -0.39 is 105 Å². The number of allylic oxidation sites excluding steroid dienone is 4. The third kappa shape index (κ3) is 12.5. The van der Waals surface area contributed by atoms with Crippen LogP contribution in [0.5, 0.6) is 0 Å². The fraction of sp³-hybridized carbons (Fsp3) is 0.404. The predicted molar refractivity (Wildman–Crippen MR) is 264 cm³/mol. The molecule has 7 rings (SSSR count). The molecule has 3 heterocycles. The minimum Gasteiger partial charge on any atom is -0.748 e. The molecular formula is C47H49N3O22S5-4. The Bertz CT molecular complexity index is 3780. The van der Waals surface area contributed by atoms with E-state index in [0.717, 1.165) is 12.1 Å². The van der Waals surface area contributed by atoms with Crippen LogP contribution in [0.15, 0.2) is 92.0 Å². The summed E-state index contributed by atoms with van der Waals surface area (Å²) in [5.41, 5.74) is -0.846. The Morgan fingerprint density at radius 3 is 1.77 bits per heavy atom. The van der Waals surface area contributed by atoms with Crippen LogP contribution in [0.3, 0.4) is 0 Å². The van der Waals surface area contributed by atoms with E-state index in [1.807, 2.05) is 0 Å². The van der Waals surface area contributed by atoms with Gasteiger partial charge >= 0.3 is 5.97 Å². The zero-order chi connectivity index (χ0) is 56.8. The summed E-state index contributed by atoms with van der Waals surface area (Å²) in [6.45, 7) is 4.80. The molecule has 77 heavy (non-hydrogen) atoms. The maximum absolute atomic E-state index is 12.6. The minimum absolute atomic E-state index is 0.0172. The van der Waals surface area contributed by atoms with Gasteiger partial charge in [-0.3, -0.25) is 9.59 Å². The second-order valence-electron chi connectivity index (χ2n) is 18.7. The molecule has 0 spiro atoms. The molecule has 1 fully saturated rings. The Hall–Kier alpha value is -5.61. The van der Waals surface area contributed by atoms with E-state index in [9.17, 15) is 79.2 Å². The zero-order valence-electron chi connectivity index (χ0n) is 41.4. The van der Waals surface area contributed by atoms with Crippen molar-refractivity contribution in [1.82, 2.24) is 5.06 Å². The van der Waals surface area contributed by atoms with Gasteiger partial charge in [0.25, 0.3) is 11.8 Å². The number of imide groups is 1. The molecule has 1 atom stereocenters. The summed E-state index contributed by atoms with van der Waals surface area (Å²) in [5, 5.41) is -0.265. The van der Waals surface area contributed by atoms with Gasteiger partial charge < -0.3 is 46.7 Å². The van der Waals surface area contributed by atoms with Crippen molar-refractivity contribution in [1.29, 1.82) is 0 Å². The fourth-order valence-corrected chi connectivity index (χ4v) is 13.2. The number of benzene rings is 4. The lowest BCUT2D eigenvalue weighted by molar-refractivity contribution is -0.442. The summed E-state index contributed by atoms with van der Waals surface area (Å²) in [6, 6.07) is 8.31. The van der Waals surface area contributed by atoms with Gasteiger partial charge in [0.1, 0.15) is 47.1 Å². The Balaban J connectivity index is 1.32. The molecule has 0 aliphatic carbocycles. The molecule has 2 amide bonds. The normalized spacial score (nSPS) is 18.7. The molecule has 30 heteroatoms. The number of methoxy groups -OCH3 is 1. The number of fused-ring (bicyclic) bond motifs is 6. The van der Waals surface area contributed by atoms with Crippen LogP contribution < -0.4 is 4.90 Å². The van der Waals surface area contributed by atoms with E-state index >= 15 is 0 Å². The van der Waals surface area contributed by atoms with E-state index in [1.165, 1.54) is 31.4 Å². The second kappa shape index (κ2) is 21.9. The number of amides is 2. The van der Waals surface area contributed by atoms with Gasteiger partial charge in [0.05, 0.1) is 68.0 Å². The largest absolute Gasteiger partial charge is 0.748 e. The highest BCUT2D eigenvalue weighted by molar-refractivity contribution is 7.87. The van der Waals surface area contributed by atoms with Crippen LogP contribution >= 0.6 is 0 Å². The van der Waals surface area contributed by atoms with Crippen LogP contribution in [0.2, 0.25) is 0 Å². The zero-order valence-corrected chi connectivity index (χ0v) is 45.5. The lowest BCUT2D eigenvalue weighted by Crippen LogP contribution is -2.32. The Morgan fingerprint density at radius 2 is 1.23 bits per heavy atom. The highest BCUT2D eigenvalue weighted by Crippen LogP contribution is 2.54. The first-order chi connectivity index (χ1) is 35.7. The lowest BCUT2D eigenvalue weighted by Gasteiger charge is -2.31. The smallest absolute Gasteiger partial charge is 0.335 e. The van der Waals surface area contributed by atoms with Crippen molar-refractivity contribution < 1.29 is 103 Å². The van der Waals surface area contributed by atoms with Gasteiger partial charge in [-0.05, 0) is 97.8 Å². The van der Waals surface area contributed by atoms with Crippen LogP contribution in [0.1, 0.15) is 64.0 Å². The highest BCUT2D eigenvalue weighted by atomic mass is 32.2. The summed E-state index contributed by atoms with van der Waals surface area (Å²) in [5.74, 6) is -3.03. The van der Waals surface area contributed by atoms with E-state index in [2.05, 4.69) is 0 Å². The predicted octanol–water partition coefficient (Wildman–Crippen LogP) is 2.21. The number of nitrogens with zero attached hydrogens (tertiary/aromatic N) is 3. The molecule has 4 aromatic rings. The van der Waals surface area contributed by atoms with Crippen molar-refractivity contribution in [3.8, 4) is 0 Å². The fourth-order valence-electron chi connectivity index (χ4n) is 10.0. The molecule has 0 radical (unpaired) electrons. The van der Waals surface area contributed by atoms with Crippen molar-refractivity contribution in [2.45, 2.75) is 83.3 Å². The average Bonchev–Trinajstić information content (AvgIpc) is 3.86. The van der Waals surface area contributed by atoms with E-state index in [4.69, 9.17) is 19.0 Å². The summed E-state index contributed by atoms with van der Waals surface area (Å²) in [4.78, 5) is 38.2. The van der Waals surface area contributed by atoms with Crippen LogP contribution in [0.25, 0.3) is 21.5 Å². The molecule has 1 unspecified atom stereocenters. The lowest BCUT2D eigenvalue weighted by atomic mass is 9.75. The third-order valence-corrected chi connectivity index (χ3v) is 17.5. The van der Waals surface area contributed by atoms with E-state index in [1.54, 1.807) is 48.5 Å². The second-order valence-corrected chi connectivity index (χ2v) is 25.7. The van der Waals surface area contributed by atoms with Crippen molar-refractivity contribution in [3.63, 3.8) is 0 Å². The first-order valence-electron chi connectivity index (χ1n) is 23.2. The van der Waals surface area contributed by atoms with Crippen molar-refractivity contribution in [3.05, 3.63) is 83.6 Å². The van der Waals surface area contributed by atoms with Crippen molar-refractivity contribution >= 4 is 107 Å². The molecule has 0 N–H and O–H groups in total. The molecule has 0 aromatic heterocycles. The maximum Gasteiger partial charge on any atom is 0.335 e. The van der Waals surface area contributed by atoms with Gasteiger partial charge in [-0.15, -0.1) is 5.06 Å². The topological polar surface area (TPSA) is 384 Å². The highest BCUT2D eigenvalue weighted by Gasteiger charge is 2.47. The summed E-state index contributed by atoms with van der Waals surface area (Å²) in [6.07, 6.45) is 3.82. The number of hydroxylamine groups is 2. The number of hydrogen-bond donors (Lipinski definition) is 0. The molecule has 4 aromatic carbocycles. The molecular weight excluding hydrogens is 1120 g/mol. The molecule has 25 nitrogen and oxygen atoms in total. The number of carbonyl (C=O) groups excluding carboxylic acids is 3. The molecule has 3 aliphatic rings. The van der Waals surface area contributed by atoms with Gasteiger partial charge in [-0.2, -0.15) is 4.58 Å². The summed E-state index contributed by atoms with van der Waals surface area (Å²) in [7, 11) is -25.0.